The first kappa shape index (κ1) is 37.9. The largest absolute Gasteiger partial charge is 0.475 e. The second-order valence-corrected chi connectivity index (χ2v) is 12.5. The topological polar surface area (TPSA) is 184 Å². The Morgan fingerprint density at radius 1 is 0.917 bits per heavy atom. The molecule has 1 aliphatic heterocycles. The first-order valence-electron chi connectivity index (χ1n) is 15.1. The van der Waals surface area contributed by atoms with Crippen molar-refractivity contribution in [1.29, 1.82) is 0 Å². The molecule has 0 spiro atoms. The zero-order chi connectivity index (χ0) is 36.0. The van der Waals surface area contributed by atoms with Crippen molar-refractivity contribution in [2.45, 2.75) is 84.0 Å². The van der Waals surface area contributed by atoms with Crippen molar-refractivity contribution in [3.63, 3.8) is 0 Å². The van der Waals surface area contributed by atoms with E-state index in [9.17, 15) is 34.2 Å². The Balaban J connectivity index is 1.87. The van der Waals surface area contributed by atoms with Gasteiger partial charge in [-0.2, -0.15) is 0 Å². The van der Waals surface area contributed by atoms with Crippen LogP contribution < -0.4 is 9.47 Å². The predicted octanol–water partition coefficient (Wildman–Crippen LogP) is 4.22. The monoisotopic (exact) mass is 693 g/mol. The molecule has 48 heavy (non-hydrogen) atoms. The molecule has 0 fully saturated rings. The number of fused-ring (bicyclic) bond motifs is 1. The molecule has 262 valence electrons. The summed E-state index contributed by atoms with van der Waals surface area (Å²) in [5, 5.41) is 21.4. The van der Waals surface area contributed by atoms with Gasteiger partial charge in [-0.05, 0) is 90.3 Å². The van der Waals surface area contributed by atoms with Crippen molar-refractivity contribution in [1.82, 2.24) is 4.90 Å². The lowest BCUT2D eigenvalue weighted by atomic mass is 10.0. The smallest absolute Gasteiger partial charge is 0.453 e. The molecular weight excluding hydrogens is 654 g/mol. The Morgan fingerprint density at radius 2 is 1.52 bits per heavy atom. The van der Waals surface area contributed by atoms with Crippen LogP contribution in [0.5, 0.6) is 11.5 Å². The summed E-state index contributed by atoms with van der Waals surface area (Å²) in [7, 11) is 0. The normalized spacial score (nSPS) is 16.7. The number of carboxylic acid groups (broad SMARTS) is 1. The zero-order valence-electron chi connectivity index (χ0n) is 27.7. The van der Waals surface area contributed by atoms with Gasteiger partial charge < -0.3 is 43.5 Å². The number of ether oxygens (including phenoxy) is 6. The molecule has 0 radical (unpaired) electrons. The molecule has 1 heterocycles. The minimum absolute atomic E-state index is 0.144. The molecule has 3 unspecified atom stereocenters. The Hall–Kier alpha value is -4.56. The summed E-state index contributed by atoms with van der Waals surface area (Å²) in [5.41, 5.74) is -2.49. The Bertz CT molecular complexity index is 1520. The van der Waals surface area contributed by atoms with E-state index in [1.807, 2.05) is 0 Å². The van der Waals surface area contributed by atoms with E-state index >= 15 is 0 Å². The number of carbonyl (C=O) groups is 5. The number of nitrogens with zero attached hydrogens (tertiary/aromatic N) is 1. The van der Waals surface area contributed by atoms with Crippen LogP contribution in [-0.2, 0) is 44.5 Å². The number of hydrogen-bond donors (Lipinski definition) is 2. The minimum atomic E-state index is -3.13. The maximum Gasteiger partial charge on any atom is 0.453 e. The molecule has 2 N–H and O–H groups in total. The molecule has 15 heteroatoms. The van der Waals surface area contributed by atoms with E-state index in [4.69, 9.17) is 40.0 Å². The van der Waals surface area contributed by atoms with Crippen LogP contribution in [0.15, 0.2) is 42.5 Å². The van der Waals surface area contributed by atoms with Gasteiger partial charge in [-0.25, -0.2) is 24.0 Å². The van der Waals surface area contributed by atoms with Gasteiger partial charge in [0.05, 0.1) is 25.9 Å². The van der Waals surface area contributed by atoms with E-state index in [2.05, 4.69) is 0 Å². The van der Waals surface area contributed by atoms with Crippen LogP contribution in [0.4, 0.5) is 4.79 Å². The van der Waals surface area contributed by atoms with Gasteiger partial charge in [0.2, 0.25) is 0 Å². The number of hydrogen-bond acceptors (Lipinski definition) is 12. The molecule has 0 bridgehead atoms. The van der Waals surface area contributed by atoms with Gasteiger partial charge in [0.15, 0.2) is 11.5 Å². The van der Waals surface area contributed by atoms with Gasteiger partial charge in [-0.3, -0.25) is 0 Å². The van der Waals surface area contributed by atoms with E-state index in [0.29, 0.717) is 16.1 Å². The number of benzene rings is 2. The molecule has 3 atom stereocenters. The summed E-state index contributed by atoms with van der Waals surface area (Å²) < 4.78 is 31.4. The summed E-state index contributed by atoms with van der Waals surface area (Å²) >= 11 is 6.09. The maximum absolute atomic E-state index is 13.3. The van der Waals surface area contributed by atoms with Crippen molar-refractivity contribution in [2.24, 2.45) is 0 Å². The molecule has 1 aliphatic rings. The van der Waals surface area contributed by atoms with Crippen molar-refractivity contribution >= 4 is 41.6 Å². The van der Waals surface area contributed by atoms with Gasteiger partial charge >= 0.3 is 41.4 Å². The van der Waals surface area contributed by atoms with Crippen LogP contribution >= 0.6 is 11.6 Å². The molecule has 2 aromatic rings. The van der Waals surface area contributed by atoms with Gasteiger partial charge in [0, 0.05) is 11.1 Å². The lowest BCUT2D eigenvalue weighted by molar-refractivity contribution is -0.217. The number of aliphatic carboxylic acids is 1. The maximum atomic E-state index is 13.3. The minimum Gasteiger partial charge on any atom is -0.475 e. The Morgan fingerprint density at radius 3 is 2.06 bits per heavy atom. The summed E-state index contributed by atoms with van der Waals surface area (Å²) in [6.07, 6.45) is -1.63. The fourth-order valence-electron chi connectivity index (χ4n) is 4.60. The van der Waals surface area contributed by atoms with Crippen molar-refractivity contribution < 1.29 is 62.6 Å². The molecule has 1 amide bonds. The third-order valence-corrected chi connectivity index (χ3v) is 7.22. The average Bonchev–Trinajstić information content (AvgIpc) is 3.39. The lowest BCUT2D eigenvalue weighted by Crippen LogP contribution is -2.60. The van der Waals surface area contributed by atoms with Gasteiger partial charge in [0.1, 0.15) is 5.60 Å². The number of amides is 1. The Kier molecular flexibility index (Phi) is 11.9. The summed E-state index contributed by atoms with van der Waals surface area (Å²) in [4.78, 5) is 65.6. The molecule has 0 aliphatic carbocycles. The molecular formula is C33H40ClNO13. The highest BCUT2D eigenvalue weighted by atomic mass is 35.5. The van der Waals surface area contributed by atoms with Crippen molar-refractivity contribution in [3.05, 3.63) is 58.6 Å². The zero-order valence-corrected chi connectivity index (χ0v) is 28.5. The van der Waals surface area contributed by atoms with Crippen LogP contribution in [0.3, 0.4) is 0 Å². The van der Waals surface area contributed by atoms with E-state index in [1.54, 1.807) is 58.0 Å². The second kappa shape index (κ2) is 15.1. The van der Waals surface area contributed by atoms with E-state index in [1.165, 1.54) is 30.9 Å². The molecule has 3 rings (SSSR count). The molecule has 0 aromatic heterocycles. The van der Waals surface area contributed by atoms with E-state index in [-0.39, 0.29) is 37.7 Å². The number of carbonyl (C=O) groups excluding carboxylic acids is 4. The average molecular weight is 694 g/mol. The standard InChI is InChI=1S/C33H40ClNO13/c1-8-43-27(39)32(7,28(40)44-9-2)47-29(41)33(26(37)38)45-24-14-13-20(16-25(24)46-33)15-19(3)35(30(42)48-31(4,5)6)18-23(36)21-11-10-12-22(34)17-21/h10-14,16-17,19,23,36H,8-9,15,18H2,1-7H3,(H,37,38). The third kappa shape index (κ3) is 8.66. The summed E-state index contributed by atoms with van der Waals surface area (Å²) in [5.74, 6) is -9.69. The van der Waals surface area contributed by atoms with Crippen molar-refractivity contribution in [2.75, 3.05) is 19.8 Å². The first-order valence-corrected chi connectivity index (χ1v) is 15.5. The number of rotatable bonds is 13. The predicted molar refractivity (Wildman–Crippen MR) is 168 cm³/mol. The highest BCUT2D eigenvalue weighted by Crippen LogP contribution is 2.42. The Labute approximate surface area is 282 Å². The van der Waals surface area contributed by atoms with Gasteiger partial charge in [0.25, 0.3) is 0 Å². The quantitative estimate of drug-likeness (QED) is 0.173. The number of carboxylic acids is 1. The van der Waals surface area contributed by atoms with Gasteiger partial charge in [-0.1, -0.05) is 29.8 Å². The number of aliphatic hydroxyl groups is 1. The van der Waals surface area contributed by atoms with Gasteiger partial charge in [-0.15, -0.1) is 0 Å². The van der Waals surface area contributed by atoms with Crippen molar-refractivity contribution in [3.8, 4) is 11.5 Å². The van der Waals surface area contributed by atoms with E-state index in [0.717, 1.165) is 6.92 Å². The van der Waals surface area contributed by atoms with Crippen LogP contribution in [-0.4, -0.2) is 87.9 Å². The van der Waals surface area contributed by atoms with Crippen LogP contribution in [0.25, 0.3) is 0 Å². The number of halogens is 1. The third-order valence-electron chi connectivity index (χ3n) is 6.99. The van der Waals surface area contributed by atoms with Crippen LogP contribution in [0, 0.1) is 0 Å². The van der Waals surface area contributed by atoms with Crippen LogP contribution in [0.1, 0.15) is 65.7 Å². The number of esters is 3. The molecule has 2 aromatic carbocycles. The summed E-state index contributed by atoms with van der Waals surface area (Å²) in [6.45, 7) is 10.2. The number of aliphatic hydroxyl groups excluding tert-OH is 1. The van der Waals surface area contributed by atoms with E-state index < -0.39 is 59.1 Å². The van der Waals surface area contributed by atoms with Crippen LogP contribution in [0.2, 0.25) is 5.02 Å². The SMILES string of the molecule is CCOC(=O)C(C)(OC(=O)C1(C(=O)O)Oc2ccc(CC(C)N(CC(O)c3cccc(Cl)c3)C(=O)OC(C)(C)C)cc2O1)C(=O)OCC. The highest BCUT2D eigenvalue weighted by Gasteiger charge is 2.62. The fraction of sp³-hybridized carbons (Fsp3) is 0.485. The molecule has 14 nitrogen and oxygen atoms in total. The summed E-state index contributed by atoms with van der Waals surface area (Å²) in [6, 6.07) is 10.3. The fourth-order valence-corrected chi connectivity index (χ4v) is 4.80. The first-order chi connectivity index (χ1) is 22.4. The highest BCUT2D eigenvalue weighted by molar-refractivity contribution is 6.30. The second-order valence-electron chi connectivity index (χ2n) is 12.0. The molecule has 0 saturated heterocycles. The molecule has 0 saturated carbocycles. The lowest BCUT2D eigenvalue weighted by Gasteiger charge is -2.33.